The maximum absolute atomic E-state index is 12.2. The van der Waals surface area contributed by atoms with E-state index in [1.165, 1.54) is 0 Å². The maximum Gasteiger partial charge on any atom is 0.246 e. The number of amides is 1. The van der Waals surface area contributed by atoms with Gasteiger partial charge in [-0.15, -0.1) is 11.3 Å². The van der Waals surface area contributed by atoms with E-state index in [-0.39, 0.29) is 11.8 Å². The highest BCUT2D eigenvalue weighted by Gasteiger charge is 2.26. The van der Waals surface area contributed by atoms with Crippen LogP contribution in [-0.2, 0) is 11.3 Å². The van der Waals surface area contributed by atoms with Crippen molar-refractivity contribution in [3.63, 3.8) is 0 Å². The SMILES string of the molecule is CN(Cc1nc(-c2cccs2)no1)C(=O)C1CCCC1. The fraction of sp³-hybridized carbons (Fsp3) is 0.500. The fourth-order valence-corrected chi connectivity index (χ4v) is 3.24. The van der Waals surface area contributed by atoms with E-state index < -0.39 is 0 Å². The maximum atomic E-state index is 12.2. The van der Waals surface area contributed by atoms with Crippen molar-refractivity contribution in [2.45, 2.75) is 32.2 Å². The van der Waals surface area contributed by atoms with E-state index in [0.717, 1.165) is 30.6 Å². The van der Waals surface area contributed by atoms with Gasteiger partial charge in [-0.25, -0.2) is 0 Å². The summed E-state index contributed by atoms with van der Waals surface area (Å²) in [5.74, 6) is 1.46. The van der Waals surface area contributed by atoms with Crippen LogP contribution < -0.4 is 0 Å². The largest absolute Gasteiger partial charge is 0.337 e. The van der Waals surface area contributed by atoms with E-state index in [0.29, 0.717) is 18.3 Å². The standard InChI is InChI=1S/C14H17N3O2S/c1-17(14(18)10-5-2-3-6-10)9-12-15-13(16-19-12)11-7-4-8-20-11/h4,7-8,10H,2-3,5-6,9H2,1H3. The van der Waals surface area contributed by atoms with Gasteiger partial charge >= 0.3 is 0 Å². The zero-order chi connectivity index (χ0) is 13.9. The van der Waals surface area contributed by atoms with E-state index in [4.69, 9.17) is 4.52 Å². The van der Waals surface area contributed by atoms with Crippen molar-refractivity contribution in [1.29, 1.82) is 0 Å². The molecule has 1 saturated carbocycles. The van der Waals surface area contributed by atoms with E-state index in [1.807, 2.05) is 17.5 Å². The predicted molar refractivity (Wildman–Crippen MR) is 76.0 cm³/mol. The van der Waals surface area contributed by atoms with Crippen molar-refractivity contribution in [1.82, 2.24) is 15.0 Å². The first-order valence-corrected chi connectivity index (χ1v) is 7.73. The first-order chi connectivity index (χ1) is 9.74. The molecule has 20 heavy (non-hydrogen) atoms. The summed E-state index contributed by atoms with van der Waals surface area (Å²) in [4.78, 5) is 19.2. The van der Waals surface area contributed by atoms with E-state index in [9.17, 15) is 4.79 Å². The highest BCUT2D eigenvalue weighted by Crippen LogP contribution is 2.27. The number of carbonyl (C=O) groups is 1. The lowest BCUT2D eigenvalue weighted by atomic mass is 10.1. The zero-order valence-electron chi connectivity index (χ0n) is 11.4. The molecule has 3 rings (SSSR count). The molecule has 106 valence electrons. The second-order valence-corrected chi connectivity index (χ2v) is 6.11. The van der Waals surface area contributed by atoms with Crippen molar-refractivity contribution in [2.24, 2.45) is 5.92 Å². The number of aromatic nitrogens is 2. The van der Waals surface area contributed by atoms with Gasteiger partial charge in [-0.2, -0.15) is 4.98 Å². The van der Waals surface area contributed by atoms with Gasteiger partial charge in [-0.1, -0.05) is 24.1 Å². The van der Waals surface area contributed by atoms with Crippen LogP contribution in [0.1, 0.15) is 31.6 Å². The monoisotopic (exact) mass is 291 g/mol. The molecule has 1 fully saturated rings. The first-order valence-electron chi connectivity index (χ1n) is 6.85. The topological polar surface area (TPSA) is 59.2 Å². The predicted octanol–water partition coefficient (Wildman–Crippen LogP) is 2.95. The third kappa shape index (κ3) is 2.75. The summed E-state index contributed by atoms with van der Waals surface area (Å²) in [5.41, 5.74) is 0. The first kappa shape index (κ1) is 13.3. The summed E-state index contributed by atoms with van der Waals surface area (Å²) in [6.45, 7) is 0.383. The Balaban J connectivity index is 1.64. The number of nitrogens with zero attached hydrogens (tertiary/aromatic N) is 3. The average molecular weight is 291 g/mol. The molecule has 0 aliphatic heterocycles. The summed E-state index contributed by atoms with van der Waals surface area (Å²) in [6, 6.07) is 3.90. The Morgan fingerprint density at radius 1 is 1.50 bits per heavy atom. The number of thiophene rings is 1. The molecule has 0 radical (unpaired) electrons. The molecular formula is C14H17N3O2S. The van der Waals surface area contributed by atoms with Crippen molar-refractivity contribution < 1.29 is 9.32 Å². The molecule has 0 atom stereocenters. The fourth-order valence-electron chi connectivity index (χ4n) is 2.59. The molecule has 0 N–H and O–H groups in total. The minimum atomic E-state index is 0.180. The lowest BCUT2D eigenvalue weighted by molar-refractivity contribution is -0.134. The molecule has 0 spiro atoms. The van der Waals surface area contributed by atoms with Crippen molar-refractivity contribution in [2.75, 3.05) is 7.05 Å². The average Bonchev–Trinajstić information content (AvgIpc) is 3.19. The van der Waals surface area contributed by atoms with Crippen LogP contribution in [0, 0.1) is 5.92 Å². The summed E-state index contributed by atoms with van der Waals surface area (Å²) in [7, 11) is 1.80. The molecule has 6 heteroatoms. The lowest BCUT2D eigenvalue weighted by Crippen LogP contribution is -2.31. The minimum absolute atomic E-state index is 0.180. The Kier molecular flexibility index (Phi) is 3.82. The van der Waals surface area contributed by atoms with Crippen LogP contribution >= 0.6 is 11.3 Å². The Morgan fingerprint density at radius 2 is 2.30 bits per heavy atom. The summed E-state index contributed by atoms with van der Waals surface area (Å²) in [5, 5.41) is 5.93. The van der Waals surface area contributed by atoms with Gasteiger partial charge < -0.3 is 9.42 Å². The van der Waals surface area contributed by atoms with E-state index in [1.54, 1.807) is 23.3 Å². The van der Waals surface area contributed by atoms with Crippen molar-refractivity contribution in [3.8, 4) is 10.7 Å². The van der Waals surface area contributed by atoms with Crippen molar-refractivity contribution in [3.05, 3.63) is 23.4 Å². The number of hydrogen-bond donors (Lipinski definition) is 0. The Labute approximate surface area is 121 Å². The molecule has 0 unspecified atom stereocenters. The van der Waals surface area contributed by atoms with E-state index >= 15 is 0 Å². The zero-order valence-corrected chi connectivity index (χ0v) is 12.2. The van der Waals surface area contributed by atoms with Crippen LogP contribution in [0.2, 0.25) is 0 Å². The highest BCUT2D eigenvalue weighted by molar-refractivity contribution is 7.13. The molecule has 0 bridgehead atoms. The number of rotatable bonds is 4. The molecule has 1 aliphatic rings. The van der Waals surface area contributed by atoms with Gasteiger partial charge in [0.25, 0.3) is 0 Å². The molecule has 2 aromatic heterocycles. The van der Waals surface area contributed by atoms with Crippen LogP contribution in [0.25, 0.3) is 10.7 Å². The lowest BCUT2D eigenvalue weighted by Gasteiger charge is -2.18. The van der Waals surface area contributed by atoms with E-state index in [2.05, 4.69) is 10.1 Å². The molecule has 0 saturated heterocycles. The van der Waals surface area contributed by atoms with Gasteiger partial charge in [0.05, 0.1) is 11.4 Å². The third-order valence-corrected chi connectivity index (χ3v) is 4.53. The molecule has 2 aromatic rings. The smallest absolute Gasteiger partial charge is 0.246 e. The van der Waals surface area contributed by atoms with Gasteiger partial charge in [0, 0.05) is 13.0 Å². The summed E-state index contributed by atoms with van der Waals surface area (Å²) >= 11 is 1.57. The quantitative estimate of drug-likeness (QED) is 0.869. The van der Waals surface area contributed by atoms with Gasteiger partial charge in [-0.05, 0) is 24.3 Å². The van der Waals surface area contributed by atoms with Crippen LogP contribution in [0.3, 0.4) is 0 Å². The van der Waals surface area contributed by atoms with Gasteiger partial charge in [0.15, 0.2) is 0 Å². The summed E-state index contributed by atoms with van der Waals surface area (Å²) < 4.78 is 5.22. The van der Waals surface area contributed by atoms with Crippen LogP contribution in [0.15, 0.2) is 22.0 Å². The molecule has 5 nitrogen and oxygen atoms in total. The van der Waals surface area contributed by atoms with Gasteiger partial charge in [0.2, 0.25) is 17.6 Å². The third-order valence-electron chi connectivity index (χ3n) is 3.66. The second kappa shape index (κ2) is 5.75. The van der Waals surface area contributed by atoms with Gasteiger partial charge in [-0.3, -0.25) is 4.79 Å². The van der Waals surface area contributed by atoms with Crippen molar-refractivity contribution >= 4 is 17.2 Å². The normalized spacial score (nSPS) is 15.7. The Morgan fingerprint density at radius 3 is 3.00 bits per heavy atom. The molecule has 1 amide bonds. The highest BCUT2D eigenvalue weighted by atomic mass is 32.1. The minimum Gasteiger partial charge on any atom is -0.337 e. The van der Waals surface area contributed by atoms with Crippen LogP contribution in [-0.4, -0.2) is 28.0 Å². The summed E-state index contributed by atoms with van der Waals surface area (Å²) in [6.07, 6.45) is 4.33. The van der Waals surface area contributed by atoms with Gasteiger partial charge in [0.1, 0.15) is 0 Å². The molecule has 2 heterocycles. The molecule has 0 aromatic carbocycles. The molecular weight excluding hydrogens is 274 g/mol. The second-order valence-electron chi connectivity index (χ2n) is 5.16. The molecule has 1 aliphatic carbocycles. The van der Waals surface area contributed by atoms with Crippen LogP contribution in [0.4, 0.5) is 0 Å². The Bertz CT molecular complexity index is 573. The Hall–Kier alpha value is -1.69. The number of carbonyl (C=O) groups excluding carboxylic acids is 1. The number of hydrogen-bond acceptors (Lipinski definition) is 5. The van der Waals surface area contributed by atoms with Crippen LogP contribution in [0.5, 0.6) is 0 Å².